The Bertz CT molecular complexity index is 967. The molecule has 2 atom stereocenters. The summed E-state index contributed by atoms with van der Waals surface area (Å²) in [6, 6.07) is 15.4. The fraction of sp³-hybridized carbons (Fsp3) is 0.375. The number of hydrazine groups is 1. The predicted octanol–water partition coefficient (Wildman–Crippen LogP) is 3.54. The summed E-state index contributed by atoms with van der Waals surface area (Å²) in [7, 11) is 0. The minimum absolute atomic E-state index is 0.0747. The fourth-order valence-corrected chi connectivity index (χ4v) is 4.00. The largest absolute Gasteiger partial charge is 0.483 e. The maximum absolute atomic E-state index is 12.4. The highest BCUT2D eigenvalue weighted by atomic mass is 79.9. The van der Waals surface area contributed by atoms with Crippen LogP contribution in [0.5, 0.6) is 5.75 Å². The van der Waals surface area contributed by atoms with Crippen LogP contribution in [0.2, 0.25) is 0 Å². The number of likely N-dealkylation sites (tertiary alicyclic amines) is 1. The number of hydrogen-bond acceptors (Lipinski definition) is 4. The van der Waals surface area contributed by atoms with E-state index in [0.29, 0.717) is 24.8 Å². The summed E-state index contributed by atoms with van der Waals surface area (Å²) in [5, 5.41) is 0. The van der Waals surface area contributed by atoms with Gasteiger partial charge in [0.2, 0.25) is 11.8 Å². The Morgan fingerprint density at radius 2 is 1.94 bits per heavy atom. The smallest absolute Gasteiger partial charge is 0.276 e. The Balaban J connectivity index is 1.43. The van der Waals surface area contributed by atoms with Crippen LogP contribution in [0.4, 0.5) is 0 Å². The number of carbonyl (C=O) groups is 3. The van der Waals surface area contributed by atoms with Gasteiger partial charge in [0.15, 0.2) is 6.61 Å². The van der Waals surface area contributed by atoms with Gasteiger partial charge in [0.25, 0.3) is 5.91 Å². The highest BCUT2D eigenvalue weighted by molar-refractivity contribution is 9.10. The molecule has 2 aromatic rings. The number of amides is 3. The zero-order chi connectivity index (χ0) is 23.1. The number of nitrogens with one attached hydrogen (secondary N) is 2. The summed E-state index contributed by atoms with van der Waals surface area (Å²) < 4.78 is 6.33. The van der Waals surface area contributed by atoms with E-state index in [1.54, 1.807) is 4.90 Å². The van der Waals surface area contributed by atoms with Gasteiger partial charge in [-0.25, -0.2) is 0 Å². The average Bonchev–Trinajstić information content (AvgIpc) is 3.16. The summed E-state index contributed by atoms with van der Waals surface area (Å²) in [6.07, 6.45) is 1.16. The SMILES string of the molecule is CCC(C)c1ccc(OCC(=O)NNC(=O)C2CC(=O)N(Cc3ccccc3)C2)c(Br)c1. The molecule has 0 aliphatic carbocycles. The molecule has 0 aromatic heterocycles. The first-order valence-corrected chi connectivity index (χ1v) is 11.5. The van der Waals surface area contributed by atoms with E-state index < -0.39 is 11.8 Å². The van der Waals surface area contributed by atoms with Crippen LogP contribution < -0.4 is 15.6 Å². The van der Waals surface area contributed by atoms with Gasteiger partial charge in [-0.05, 0) is 51.5 Å². The number of nitrogens with zero attached hydrogens (tertiary/aromatic N) is 1. The third-order valence-electron chi connectivity index (χ3n) is 5.62. The van der Waals surface area contributed by atoms with Gasteiger partial charge in [-0.1, -0.05) is 50.2 Å². The summed E-state index contributed by atoms with van der Waals surface area (Å²) in [5.41, 5.74) is 6.96. The van der Waals surface area contributed by atoms with Crippen LogP contribution in [-0.4, -0.2) is 35.8 Å². The number of carbonyl (C=O) groups excluding carboxylic acids is 3. The van der Waals surface area contributed by atoms with Gasteiger partial charge in [0.05, 0.1) is 10.4 Å². The third-order valence-corrected chi connectivity index (χ3v) is 6.24. The molecule has 1 heterocycles. The van der Waals surface area contributed by atoms with Crippen molar-refractivity contribution in [1.29, 1.82) is 0 Å². The first-order chi connectivity index (χ1) is 15.4. The predicted molar refractivity (Wildman–Crippen MR) is 125 cm³/mol. The molecule has 0 bridgehead atoms. The second-order valence-electron chi connectivity index (χ2n) is 7.99. The number of rotatable bonds is 8. The molecule has 1 saturated heterocycles. The van der Waals surface area contributed by atoms with Gasteiger partial charge in [0.1, 0.15) is 5.75 Å². The van der Waals surface area contributed by atoms with Crippen molar-refractivity contribution in [2.45, 2.75) is 39.2 Å². The Labute approximate surface area is 196 Å². The van der Waals surface area contributed by atoms with Crippen LogP contribution in [0.15, 0.2) is 53.0 Å². The quantitative estimate of drug-likeness (QED) is 0.541. The summed E-state index contributed by atoms with van der Waals surface area (Å²) in [4.78, 5) is 38.4. The van der Waals surface area contributed by atoms with Gasteiger partial charge in [-0.3, -0.25) is 25.2 Å². The Hall–Kier alpha value is -2.87. The standard InChI is InChI=1S/C24H28BrN3O4/c1-3-16(2)18-9-10-21(20(25)11-18)32-15-22(29)26-27-24(31)19-12-23(30)28(14-19)13-17-7-5-4-6-8-17/h4-11,16,19H,3,12-15H2,1-2H3,(H,26,29)(H,27,31). The molecular weight excluding hydrogens is 474 g/mol. The van der Waals surface area contributed by atoms with Crippen molar-refractivity contribution in [2.24, 2.45) is 5.92 Å². The van der Waals surface area contributed by atoms with Crippen LogP contribution in [-0.2, 0) is 20.9 Å². The zero-order valence-electron chi connectivity index (χ0n) is 18.3. The molecule has 2 unspecified atom stereocenters. The second-order valence-corrected chi connectivity index (χ2v) is 8.84. The molecule has 8 heteroatoms. The van der Waals surface area contributed by atoms with E-state index in [-0.39, 0.29) is 24.8 Å². The molecule has 170 valence electrons. The average molecular weight is 502 g/mol. The van der Waals surface area contributed by atoms with Crippen molar-refractivity contribution in [3.63, 3.8) is 0 Å². The van der Waals surface area contributed by atoms with Crippen molar-refractivity contribution >= 4 is 33.7 Å². The monoisotopic (exact) mass is 501 g/mol. The molecule has 7 nitrogen and oxygen atoms in total. The number of ether oxygens (including phenoxy) is 1. The van der Waals surface area contributed by atoms with Crippen LogP contribution >= 0.6 is 15.9 Å². The van der Waals surface area contributed by atoms with Crippen molar-refractivity contribution in [1.82, 2.24) is 15.8 Å². The molecule has 1 aliphatic heterocycles. The van der Waals surface area contributed by atoms with E-state index in [2.05, 4.69) is 40.6 Å². The molecule has 1 aliphatic rings. The van der Waals surface area contributed by atoms with E-state index in [0.717, 1.165) is 16.5 Å². The van der Waals surface area contributed by atoms with Gasteiger partial charge in [-0.15, -0.1) is 0 Å². The summed E-state index contributed by atoms with van der Waals surface area (Å²) in [5.74, 6) is -0.464. The Kier molecular flexibility index (Phi) is 8.27. The van der Waals surface area contributed by atoms with Gasteiger partial charge in [0, 0.05) is 19.5 Å². The lowest BCUT2D eigenvalue weighted by molar-refractivity contribution is -0.132. The minimum Gasteiger partial charge on any atom is -0.483 e. The topological polar surface area (TPSA) is 87.7 Å². The first kappa shape index (κ1) is 23.8. The molecule has 2 aromatic carbocycles. The van der Waals surface area contributed by atoms with E-state index in [1.807, 2.05) is 48.5 Å². The molecule has 1 fully saturated rings. The van der Waals surface area contributed by atoms with Crippen LogP contribution in [0.1, 0.15) is 43.7 Å². The number of hydrogen-bond donors (Lipinski definition) is 2. The molecule has 3 amide bonds. The Morgan fingerprint density at radius 1 is 1.19 bits per heavy atom. The van der Waals surface area contributed by atoms with E-state index in [9.17, 15) is 14.4 Å². The van der Waals surface area contributed by atoms with Crippen LogP contribution in [0.3, 0.4) is 0 Å². The summed E-state index contributed by atoms with van der Waals surface area (Å²) >= 11 is 3.47. The highest BCUT2D eigenvalue weighted by Gasteiger charge is 2.34. The molecule has 0 radical (unpaired) electrons. The van der Waals surface area contributed by atoms with Gasteiger partial charge in [-0.2, -0.15) is 0 Å². The maximum Gasteiger partial charge on any atom is 0.276 e. The van der Waals surface area contributed by atoms with E-state index in [4.69, 9.17) is 4.74 Å². The number of benzene rings is 2. The normalized spacial score (nSPS) is 16.5. The lowest BCUT2D eigenvalue weighted by atomic mass is 9.99. The molecule has 32 heavy (non-hydrogen) atoms. The Morgan fingerprint density at radius 3 is 2.62 bits per heavy atom. The maximum atomic E-state index is 12.4. The number of halogens is 1. The third kappa shape index (κ3) is 6.32. The van der Waals surface area contributed by atoms with Crippen molar-refractivity contribution in [3.8, 4) is 5.75 Å². The zero-order valence-corrected chi connectivity index (χ0v) is 19.9. The van der Waals surface area contributed by atoms with E-state index in [1.165, 1.54) is 5.56 Å². The molecule has 2 N–H and O–H groups in total. The highest BCUT2D eigenvalue weighted by Crippen LogP contribution is 2.30. The summed E-state index contributed by atoms with van der Waals surface area (Å²) in [6.45, 7) is 4.82. The van der Waals surface area contributed by atoms with Crippen molar-refractivity contribution in [2.75, 3.05) is 13.2 Å². The molecule has 3 rings (SSSR count). The lowest BCUT2D eigenvalue weighted by Crippen LogP contribution is -2.46. The molecule has 0 spiro atoms. The van der Waals surface area contributed by atoms with Crippen LogP contribution in [0.25, 0.3) is 0 Å². The van der Waals surface area contributed by atoms with Crippen LogP contribution in [0, 0.1) is 5.92 Å². The second kappa shape index (κ2) is 11.1. The van der Waals surface area contributed by atoms with E-state index >= 15 is 0 Å². The molecular formula is C24H28BrN3O4. The van der Waals surface area contributed by atoms with Gasteiger partial charge < -0.3 is 9.64 Å². The van der Waals surface area contributed by atoms with Crippen molar-refractivity contribution in [3.05, 3.63) is 64.1 Å². The molecule has 0 saturated carbocycles. The van der Waals surface area contributed by atoms with Crippen molar-refractivity contribution < 1.29 is 19.1 Å². The fourth-order valence-electron chi connectivity index (χ4n) is 3.49. The first-order valence-electron chi connectivity index (χ1n) is 10.7. The lowest BCUT2D eigenvalue weighted by Gasteiger charge is -2.17. The van der Waals surface area contributed by atoms with Gasteiger partial charge >= 0.3 is 0 Å². The minimum atomic E-state index is -0.505.